The monoisotopic (exact) mass is 884 g/mol. The van der Waals surface area contributed by atoms with Gasteiger partial charge in [0, 0.05) is 0 Å². The van der Waals surface area contributed by atoms with E-state index in [1.165, 1.54) is 142 Å². The molecule has 0 heterocycles. The molecule has 0 unspecified atom stereocenters. The van der Waals surface area contributed by atoms with Gasteiger partial charge in [0.25, 0.3) is 0 Å². The third-order valence-corrected chi connectivity index (χ3v) is 14.9. The molecule has 324 valence electrons. The lowest BCUT2D eigenvalue weighted by Gasteiger charge is -2.19. The van der Waals surface area contributed by atoms with Gasteiger partial charge in [-0.15, -0.1) is 0 Å². The van der Waals surface area contributed by atoms with Crippen molar-refractivity contribution < 1.29 is 0 Å². The summed E-state index contributed by atoms with van der Waals surface area (Å²) in [6, 6.07) is 98.8. The summed E-state index contributed by atoms with van der Waals surface area (Å²) in [5.41, 5.74) is 14.9. The summed E-state index contributed by atoms with van der Waals surface area (Å²) in [5, 5.41) is 17.6. The van der Waals surface area contributed by atoms with Crippen LogP contribution in [0.25, 0.3) is 142 Å². The van der Waals surface area contributed by atoms with E-state index in [2.05, 4.69) is 267 Å². The number of fused-ring (bicyclic) bond motifs is 7. The van der Waals surface area contributed by atoms with Crippen LogP contribution in [0.3, 0.4) is 0 Å². The largest absolute Gasteiger partial charge is 0.0616 e. The first-order valence-electron chi connectivity index (χ1n) is 24.3. The molecule has 0 N–H and O–H groups in total. The maximum Gasteiger partial charge on any atom is -0.00201 e. The maximum atomic E-state index is 2.41. The fraction of sp³-hybridized carbons (Fsp3) is 0. The molecular formula is C70H44. The van der Waals surface area contributed by atoms with Crippen LogP contribution in [0.1, 0.15) is 0 Å². The third-order valence-electron chi connectivity index (χ3n) is 14.9. The first-order valence-corrected chi connectivity index (χ1v) is 24.3. The summed E-state index contributed by atoms with van der Waals surface area (Å²) in [4.78, 5) is 0. The molecule has 0 bridgehead atoms. The lowest BCUT2D eigenvalue weighted by Crippen LogP contribution is -1.92. The Bertz CT molecular complexity index is 4260. The highest BCUT2D eigenvalue weighted by atomic mass is 14.2. The van der Waals surface area contributed by atoms with Gasteiger partial charge in [-0.05, 0) is 148 Å². The molecule has 0 saturated heterocycles. The predicted molar refractivity (Wildman–Crippen MR) is 302 cm³/mol. The van der Waals surface area contributed by atoms with Crippen LogP contribution in [0.5, 0.6) is 0 Å². The van der Waals surface area contributed by atoms with Crippen LogP contribution in [-0.2, 0) is 0 Å². The molecule has 14 rings (SSSR count). The molecule has 0 aromatic heterocycles. The van der Waals surface area contributed by atoms with E-state index in [1.807, 2.05) is 0 Å². The van der Waals surface area contributed by atoms with Gasteiger partial charge in [0.2, 0.25) is 0 Å². The Balaban J connectivity index is 0.888. The Hall–Kier alpha value is -9.10. The summed E-state index contributed by atoms with van der Waals surface area (Å²) < 4.78 is 0. The van der Waals surface area contributed by atoms with Gasteiger partial charge < -0.3 is 0 Å². The van der Waals surface area contributed by atoms with Crippen molar-refractivity contribution in [3.63, 3.8) is 0 Å². The van der Waals surface area contributed by atoms with Gasteiger partial charge >= 0.3 is 0 Å². The summed E-state index contributed by atoms with van der Waals surface area (Å²) in [7, 11) is 0. The number of hydrogen-bond donors (Lipinski definition) is 0. The number of rotatable bonds is 6. The Kier molecular flexibility index (Phi) is 9.32. The Morgan fingerprint density at radius 3 is 0.871 bits per heavy atom. The van der Waals surface area contributed by atoms with Gasteiger partial charge in [0.05, 0.1) is 0 Å². The average Bonchev–Trinajstić information content (AvgIpc) is 3.43. The first-order chi connectivity index (χ1) is 34.7. The van der Waals surface area contributed by atoms with E-state index in [0.717, 1.165) is 0 Å². The van der Waals surface area contributed by atoms with Gasteiger partial charge in [-0.3, -0.25) is 0 Å². The van der Waals surface area contributed by atoms with Crippen molar-refractivity contribution in [1.29, 1.82) is 0 Å². The van der Waals surface area contributed by atoms with Crippen molar-refractivity contribution in [3.05, 3.63) is 267 Å². The van der Waals surface area contributed by atoms with E-state index in [9.17, 15) is 0 Å². The zero-order valence-electron chi connectivity index (χ0n) is 38.4. The minimum absolute atomic E-state index is 1.19. The normalized spacial score (nSPS) is 11.7. The fourth-order valence-corrected chi connectivity index (χ4v) is 11.7. The summed E-state index contributed by atoms with van der Waals surface area (Å²) in [6.45, 7) is 0. The highest BCUT2D eigenvalue weighted by Crippen LogP contribution is 2.48. The molecule has 0 atom stereocenters. The molecule has 0 radical (unpaired) electrons. The lowest BCUT2D eigenvalue weighted by atomic mass is 9.84. The quantitative estimate of drug-likeness (QED) is 0.146. The molecule has 0 heteroatoms. The lowest BCUT2D eigenvalue weighted by molar-refractivity contribution is 1.62. The third kappa shape index (κ3) is 6.38. The summed E-state index contributed by atoms with van der Waals surface area (Å²) in [5.74, 6) is 0. The van der Waals surface area contributed by atoms with Crippen molar-refractivity contribution in [2.24, 2.45) is 0 Å². The highest BCUT2D eigenvalue weighted by Gasteiger charge is 2.20. The topological polar surface area (TPSA) is 0 Å². The Labute approximate surface area is 407 Å². The van der Waals surface area contributed by atoms with Crippen LogP contribution in [-0.4, -0.2) is 0 Å². The van der Waals surface area contributed by atoms with E-state index in [-0.39, 0.29) is 0 Å². The zero-order valence-corrected chi connectivity index (χ0v) is 38.4. The Morgan fingerprint density at radius 2 is 0.429 bits per heavy atom. The standard InChI is InChI=1S/C70H44/c1-3-21-53-46(16-1)18-13-31-54(53)49-36-41-51(42-37-49)68-59-25-7-11-29-63(59)70(64-30-12-8-26-60(64)68)65-33-15-20-48-38-43-52(44-66(48)65)45-34-39-50(40-35-45)67-57-23-5-9-27-61(57)69(62-28-10-6-24-58(62)67)56-32-14-19-47-17-2-4-22-55(47)56/h1-44H. The van der Waals surface area contributed by atoms with Crippen LogP contribution in [0, 0.1) is 0 Å². The van der Waals surface area contributed by atoms with Crippen molar-refractivity contribution in [1.82, 2.24) is 0 Å². The SMILES string of the molecule is c1ccc2c(-c3ccc(-c4c5ccccc5c(-c5cccc6ccc(-c7ccc(-c8c9ccccc9c(-c9cccc%10ccccc9%10)c9ccccc89)cc7)cc56)c5ccccc45)cc3)cccc2c1. The molecule has 0 aliphatic carbocycles. The highest BCUT2D eigenvalue weighted by molar-refractivity contribution is 6.25. The van der Waals surface area contributed by atoms with E-state index in [4.69, 9.17) is 0 Å². The van der Waals surface area contributed by atoms with Gasteiger partial charge in [0.15, 0.2) is 0 Å². The van der Waals surface area contributed by atoms with Crippen molar-refractivity contribution in [2.75, 3.05) is 0 Å². The molecule has 0 aliphatic heterocycles. The van der Waals surface area contributed by atoms with Crippen LogP contribution >= 0.6 is 0 Å². The molecule has 0 saturated carbocycles. The minimum atomic E-state index is 1.19. The number of benzene rings is 14. The second-order valence-electron chi connectivity index (χ2n) is 18.6. The van der Waals surface area contributed by atoms with Crippen molar-refractivity contribution in [3.8, 4) is 66.8 Å². The molecule has 14 aromatic rings. The van der Waals surface area contributed by atoms with Gasteiger partial charge in [0.1, 0.15) is 0 Å². The molecule has 0 fully saturated rings. The van der Waals surface area contributed by atoms with Crippen LogP contribution < -0.4 is 0 Å². The summed E-state index contributed by atoms with van der Waals surface area (Å²) >= 11 is 0. The molecule has 0 amide bonds. The van der Waals surface area contributed by atoms with E-state index >= 15 is 0 Å². The van der Waals surface area contributed by atoms with Crippen LogP contribution in [0.15, 0.2) is 267 Å². The van der Waals surface area contributed by atoms with Gasteiger partial charge in [-0.25, -0.2) is 0 Å². The van der Waals surface area contributed by atoms with E-state index in [0.29, 0.717) is 0 Å². The van der Waals surface area contributed by atoms with Crippen LogP contribution in [0.2, 0.25) is 0 Å². The second kappa shape index (κ2) is 16.3. The predicted octanol–water partition coefficient (Wildman–Crippen LogP) is 19.8. The summed E-state index contributed by atoms with van der Waals surface area (Å²) in [6.07, 6.45) is 0. The van der Waals surface area contributed by atoms with E-state index in [1.54, 1.807) is 0 Å². The molecule has 14 aromatic carbocycles. The Morgan fingerprint density at radius 1 is 0.143 bits per heavy atom. The molecule has 0 nitrogen and oxygen atoms in total. The zero-order chi connectivity index (χ0) is 46.1. The van der Waals surface area contributed by atoms with Crippen molar-refractivity contribution >= 4 is 75.4 Å². The van der Waals surface area contributed by atoms with Crippen molar-refractivity contribution in [2.45, 2.75) is 0 Å². The van der Waals surface area contributed by atoms with Crippen LogP contribution in [0.4, 0.5) is 0 Å². The number of hydrogen-bond acceptors (Lipinski definition) is 0. The average molecular weight is 885 g/mol. The maximum absolute atomic E-state index is 2.41. The van der Waals surface area contributed by atoms with Gasteiger partial charge in [-0.2, -0.15) is 0 Å². The van der Waals surface area contributed by atoms with Gasteiger partial charge in [-0.1, -0.05) is 261 Å². The molecule has 0 spiro atoms. The first kappa shape index (κ1) is 40.0. The van der Waals surface area contributed by atoms with E-state index < -0.39 is 0 Å². The molecule has 0 aliphatic rings. The fourth-order valence-electron chi connectivity index (χ4n) is 11.7. The molecule has 70 heavy (non-hydrogen) atoms. The minimum Gasteiger partial charge on any atom is -0.0616 e. The smallest absolute Gasteiger partial charge is 0.00201 e. The molecular weight excluding hydrogens is 841 g/mol. The second-order valence-corrected chi connectivity index (χ2v) is 18.6.